The number of H-pyrrole nitrogens is 1. The molecule has 1 rings (SSSR count). The first-order chi connectivity index (χ1) is 12.1. The molecule has 1 aromatic rings. The highest BCUT2D eigenvalue weighted by Gasteiger charge is 2.09. The highest BCUT2D eigenvalue weighted by atomic mass is 16.3. The summed E-state index contributed by atoms with van der Waals surface area (Å²) in [5, 5.41) is 4.09. The van der Waals surface area contributed by atoms with Crippen LogP contribution in [0.25, 0.3) is 12.2 Å². The maximum Gasteiger partial charge on any atom is 0.259 e. The van der Waals surface area contributed by atoms with Gasteiger partial charge in [0.2, 0.25) is 0 Å². The summed E-state index contributed by atoms with van der Waals surface area (Å²) in [6.07, 6.45) is 16.9. The number of pyridine rings is 1. The summed E-state index contributed by atoms with van der Waals surface area (Å²) in [7, 11) is 0. The lowest BCUT2D eigenvalue weighted by Gasteiger charge is -1.99. The van der Waals surface area contributed by atoms with Crippen molar-refractivity contribution in [3.63, 3.8) is 0 Å². The molecule has 25 heavy (non-hydrogen) atoms. The zero-order valence-electron chi connectivity index (χ0n) is 14.4. The fraction of sp³-hybridized carbons (Fsp3) is 0.100. The summed E-state index contributed by atoms with van der Waals surface area (Å²) in [5.41, 5.74) is 0.130. The molecule has 0 atom stereocenters. The third kappa shape index (κ3) is 5.66. The van der Waals surface area contributed by atoms with Gasteiger partial charge in [-0.05, 0) is 31.2 Å². The summed E-state index contributed by atoms with van der Waals surface area (Å²) in [6.45, 7) is 11.0. The number of aliphatic imine (C=N–C) groups is 1. The van der Waals surface area contributed by atoms with Gasteiger partial charge in [0.1, 0.15) is 5.69 Å². The lowest BCUT2D eigenvalue weighted by atomic mass is 10.2. The van der Waals surface area contributed by atoms with Gasteiger partial charge in [0.25, 0.3) is 5.56 Å². The fourth-order valence-electron chi connectivity index (χ4n) is 1.97. The van der Waals surface area contributed by atoms with Crippen LogP contribution >= 0.6 is 0 Å². The van der Waals surface area contributed by atoms with Crippen LogP contribution in [0, 0.1) is 4.91 Å². The first-order valence-corrected chi connectivity index (χ1v) is 7.66. The molecule has 1 aromatic heterocycles. The second kappa shape index (κ2) is 10.4. The molecular weight excluding hydrogens is 314 g/mol. The summed E-state index contributed by atoms with van der Waals surface area (Å²) < 4.78 is 0. The van der Waals surface area contributed by atoms with E-state index in [2.05, 4.69) is 28.3 Å². The summed E-state index contributed by atoms with van der Waals surface area (Å²) in [5.74, 6) is 0. The molecule has 0 aliphatic rings. The molecule has 0 bridgehead atoms. The first-order valence-electron chi connectivity index (χ1n) is 7.66. The molecule has 0 aromatic carbocycles. The van der Waals surface area contributed by atoms with E-state index in [9.17, 15) is 9.70 Å². The predicted octanol–water partition coefficient (Wildman–Crippen LogP) is 3.16. The normalized spacial score (nSPS) is 13.7. The molecule has 0 spiro atoms. The topological polar surface area (TPSA) is 74.7 Å². The van der Waals surface area contributed by atoms with Crippen molar-refractivity contribution in [3.8, 4) is 0 Å². The fourth-order valence-corrected chi connectivity index (χ4v) is 1.97. The van der Waals surface area contributed by atoms with Crippen molar-refractivity contribution in [3.05, 3.63) is 92.8 Å². The second-order valence-electron chi connectivity index (χ2n) is 4.85. The Morgan fingerprint density at radius 2 is 1.92 bits per heavy atom. The van der Waals surface area contributed by atoms with E-state index >= 15 is 0 Å². The highest BCUT2D eigenvalue weighted by Crippen LogP contribution is 2.06. The van der Waals surface area contributed by atoms with Crippen LogP contribution in [0.15, 0.2) is 76.4 Å². The monoisotopic (exact) mass is 335 g/mol. The van der Waals surface area contributed by atoms with Crippen molar-refractivity contribution < 1.29 is 0 Å². The molecule has 0 aliphatic carbocycles. The quantitative estimate of drug-likeness (QED) is 0.472. The van der Waals surface area contributed by atoms with E-state index in [0.29, 0.717) is 16.3 Å². The third-order valence-electron chi connectivity index (χ3n) is 3.13. The Morgan fingerprint density at radius 1 is 1.16 bits per heavy atom. The van der Waals surface area contributed by atoms with Gasteiger partial charge in [0.15, 0.2) is 0 Å². The first kappa shape index (κ1) is 19.7. The van der Waals surface area contributed by atoms with Gasteiger partial charge in [0.05, 0.1) is 16.6 Å². The van der Waals surface area contributed by atoms with Gasteiger partial charge in [-0.2, -0.15) is 0 Å². The maximum atomic E-state index is 12.3. The van der Waals surface area contributed by atoms with Crippen molar-refractivity contribution in [2.24, 2.45) is 10.2 Å². The average molecular weight is 335 g/mol. The van der Waals surface area contributed by atoms with Gasteiger partial charge in [-0.25, -0.2) is 0 Å². The van der Waals surface area contributed by atoms with Crippen molar-refractivity contribution >= 4 is 24.1 Å². The Kier molecular flexibility index (Phi) is 8.23. The molecule has 0 saturated heterocycles. The largest absolute Gasteiger partial charge is 0.321 e. The van der Waals surface area contributed by atoms with Gasteiger partial charge >= 0.3 is 0 Å². The Hall–Kier alpha value is -3.34. The van der Waals surface area contributed by atoms with Crippen molar-refractivity contribution in [1.29, 1.82) is 0 Å². The number of nitroso groups, excluding NO2 is 1. The SMILES string of the molecule is C=C/C=C\C=C/C(=C)/N=C\c1c(N=O)c(=C/C)/c(=C\C=C/C)[nH]c1=O. The molecule has 128 valence electrons. The van der Waals surface area contributed by atoms with Crippen LogP contribution in [0.4, 0.5) is 5.69 Å². The minimum Gasteiger partial charge on any atom is -0.321 e. The Balaban J connectivity index is 3.41. The molecule has 0 aliphatic heterocycles. The van der Waals surface area contributed by atoms with Crippen molar-refractivity contribution in [2.45, 2.75) is 13.8 Å². The number of hydrogen-bond acceptors (Lipinski definition) is 4. The predicted molar refractivity (Wildman–Crippen MR) is 106 cm³/mol. The van der Waals surface area contributed by atoms with Crippen molar-refractivity contribution in [1.82, 2.24) is 4.98 Å². The summed E-state index contributed by atoms with van der Waals surface area (Å²) in [6, 6.07) is 0. The van der Waals surface area contributed by atoms with Gasteiger partial charge in [0, 0.05) is 11.4 Å². The minimum absolute atomic E-state index is 0.0501. The summed E-state index contributed by atoms with van der Waals surface area (Å²) in [4.78, 5) is 30.4. The lowest BCUT2D eigenvalue weighted by Crippen LogP contribution is -2.36. The van der Waals surface area contributed by atoms with Crippen LogP contribution in [0.2, 0.25) is 0 Å². The van der Waals surface area contributed by atoms with E-state index in [0.717, 1.165) is 0 Å². The molecule has 1 N–H and O–H groups in total. The molecule has 5 nitrogen and oxygen atoms in total. The molecular formula is C20H21N3O2. The van der Waals surface area contributed by atoms with Crippen LogP contribution in [-0.4, -0.2) is 11.2 Å². The Bertz CT molecular complexity index is 942. The molecule has 0 saturated carbocycles. The van der Waals surface area contributed by atoms with E-state index in [1.54, 1.807) is 55.5 Å². The van der Waals surface area contributed by atoms with E-state index in [1.807, 2.05) is 13.0 Å². The number of allylic oxidation sites excluding steroid dienone is 7. The molecule has 0 amide bonds. The number of hydrogen-bond donors (Lipinski definition) is 1. The molecule has 0 radical (unpaired) electrons. The van der Waals surface area contributed by atoms with E-state index in [1.165, 1.54) is 6.21 Å². The number of rotatable bonds is 7. The van der Waals surface area contributed by atoms with E-state index in [4.69, 9.17) is 0 Å². The van der Waals surface area contributed by atoms with Gasteiger partial charge in [-0.3, -0.25) is 9.79 Å². The zero-order valence-corrected chi connectivity index (χ0v) is 14.4. The molecule has 0 fully saturated rings. The second-order valence-corrected chi connectivity index (χ2v) is 4.85. The summed E-state index contributed by atoms with van der Waals surface area (Å²) >= 11 is 0. The van der Waals surface area contributed by atoms with Crippen LogP contribution in [-0.2, 0) is 0 Å². The minimum atomic E-state index is -0.442. The van der Waals surface area contributed by atoms with Gasteiger partial charge in [-0.15, -0.1) is 4.91 Å². The van der Waals surface area contributed by atoms with E-state index < -0.39 is 5.56 Å². The number of nitrogens with zero attached hydrogens (tertiary/aromatic N) is 2. The zero-order chi connectivity index (χ0) is 18.7. The molecule has 0 unspecified atom stereocenters. The standard InChI is InChI=1S/C20H21N3O2/c1-5-8-10-11-12-15(4)21-14-17-19(23-25)16(7-3)18(13-9-6-2)22-20(17)24/h5-14H,1,4H2,2-3H3,(H,22,24)/b9-6-,10-8-,12-11-,16-7+,18-13+,21-14-. The number of aromatic amines is 1. The van der Waals surface area contributed by atoms with Gasteiger partial charge in [-0.1, -0.05) is 55.7 Å². The third-order valence-corrected chi connectivity index (χ3v) is 3.13. The van der Waals surface area contributed by atoms with Crippen LogP contribution in [0.3, 0.4) is 0 Å². The van der Waals surface area contributed by atoms with Crippen LogP contribution in [0.1, 0.15) is 19.4 Å². The van der Waals surface area contributed by atoms with Crippen molar-refractivity contribution in [2.75, 3.05) is 0 Å². The smallest absolute Gasteiger partial charge is 0.259 e. The maximum absolute atomic E-state index is 12.3. The Labute approximate surface area is 146 Å². The molecule has 1 heterocycles. The average Bonchev–Trinajstić information content (AvgIpc) is 2.61. The van der Waals surface area contributed by atoms with E-state index in [-0.39, 0.29) is 11.3 Å². The number of nitrogens with one attached hydrogen (secondary N) is 1. The van der Waals surface area contributed by atoms with Crippen LogP contribution < -0.4 is 16.1 Å². The Morgan fingerprint density at radius 3 is 2.52 bits per heavy atom. The molecule has 5 heteroatoms. The highest BCUT2D eigenvalue weighted by molar-refractivity contribution is 5.87. The van der Waals surface area contributed by atoms with Crippen LogP contribution in [0.5, 0.6) is 0 Å². The number of aromatic nitrogens is 1. The van der Waals surface area contributed by atoms with Gasteiger partial charge < -0.3 is 4.98 Å². The lowest BCUT2D eigenvalue weighted by molar-refractivity contribution is 1.14.